The number of ketones is 1. The lowest BCUT2D eigenvalue weighted by atomic mass is 9.64. The number of hydrogen-bond acceptors (Lipinski definition) is 2. The summed E-state index contributed by atoms with van der Waals surface area (Å²) in [6.45, 7) is 0.469. The van der Waals surface area contributed by atoms with Gasteiger partial charge in [-0.25, -0.2) is 0 Å². The largest absolute Gasteiger partial charge is 0.330 e. The van der Waals surface area contributed by atoms with E-state index >= 15 is 0 Å². The molecule has 1 aliphatic carbocycles. The molecule has 0 unspecified atom stereocenters. The molecule has 2 rings (SSSR count). The Bertz CT molecular complexity index is 409. The molecule has 1 aliphatic rings. The summed E-state index contributed by atoms with van der Waals surface area (Å²) in [4.78, 5) is 11.1. The van der Waals surface area contributed by atoms with Gasteiger partial charge >= 0.3 is 0 Å². The summed E-state index contributed by atoms with van der Waals surface area (Å²) < 4.78 is 0. The zero-order chi connectivity index (χ0) is 11.1. The zero-order valence-electron chi connectivity index (χ0n) is 8.09. The van der Waals surface area contributed by atoms with Crippen LogP contribution in [-0.4, -0.2) is 12.3 Å². The van der Waals surface area contributed by atoms with E-state index < -0.39 is 0 Å². The quantitative estimate of drug-likeness (QED) is 0.868. The van der Waals surface area contributed by atoms with Crippen molar-refractivity contribution in [3.8, 4) is 0 Å². The minimum atomic E-state index is -0.203. The summed E-state index contributed by atoms with van der Waals surface area (Å²) in [5.41, 5.74) is 6.53. The van der Waals surface area contributed by atoms with E-state index in [0.717, 1.165) is 5.56 Å². The summed E-state index contributed by atoms with van der Waals surface area (Å²) in [6.07, 6.45) is 1.03. The molecule has 0 heterocycles. The van der Waals surface area contributed by atoms with Crippen molar-refractivity contribution in [3.05, 3.63) is 33.8 Å². The third-order valence-corrected chi connectivity index (χ3v) is 3.73. The van der Waals surface area contributed by atoms with Crippen molar-refractivity contribution in [2.24, 2.45) is 5.73 Å². The number of carbonyl (C=O) groups is 1. The van der Waals surface area contributed by atoms with Crippen LogP contribution in [0.2, 0.25) is 10.0 Å². The maximum absolute atomic E-state index is 11.1. The molecule has 4 heteroatoms. The van der Waals surface area contributed by atoms with Crippen molar-refractivity contribution in [2.75, 3.05) is 6.54 Å². The molecular weight excluding hydrogens is 233 g/mol. The van der Waals surface area contributed by atoms with Crippen LogP contribution < -0.4 is 5.73 Å². The Morgan fingerprint density at radius 3 is 2.40 bits per heavy atom. The molecule has 0 amide bonds. The van der Waals surface area contributed by atoms with Gasteiger partial charge in [0.2, 0.25) is 0 Å². The first kappa shape index (κ1) is 10.9. The van der Waals surface area contributed by atoms with Gasteiger partial charge < -0.3 is 5.73 Å². The van der Waals surface area contributed by atoms with Gasteiger partial charge in [0, 0.05) is 24.8 Å². The Balaban J connectivity index is 2.36. The van der Waals surface area contributed by atoms with Crippen LogP contribution in [0.25, 0.3) is 0 Å². The van der Waals surface area contributed by atoms with Crippen LogP contribution >= 0.6 is 23.2 Å². The van der Waals surface area contributed by atoms with Crippen molar-refractivity contribution < 1.29 is 4.79 Å². The second-order valence-corrected chi connectivity index (χ2v) is 4.82. The zero-order valence-corrected chi connectivity index (χ0v) is 9.61. The average Bonchev–Trinajstić information content (AvgIpc) is 2.17. The molecule has 2 nitrogen and oxygen atoms in total. The first-order valence-corrected chi connectivity index (χ1v) is 5.50. The van der Waals surface area contributed by atoms with E-state index in [1.54, 1.807) is 6.07 Å². The molecule has 15 heavy (non-hydrogen) atoms. The number of hydrogen-bond donors (Lipinski definition) is 1. The normalized spacial score (nSPS) is 18.7. The van der Waals surface area contributed by atoms with Crippen molar-refractivity contribution in [1.29, 1.82) is 0 Å². The monoisotopic (exact) mass is 243 g/mol. The van der Waals surface area contributed by atoms with Crippen LogP contribution in [-0.2, 0) is 10.2 Å². The van der Waals surface area contributed by atoms with E-state index in [0.29, 0.717) is 29.4 Å². The molecule has 0 atom stereocenters. The first-order valence-electron chi connectivity index (χ1n) is 4.75. The highest BCUT2D eigenvalue weighted by atomic mass is 35.5. The van der Waals surface area contributed by atoms with Crippen LogP contribution in [0.3, 0.4) is 0 Å². The summed E-state index contributed by atoms with van der Waals surface area (Å²) in [5, 5.41) is 1.04. The lowest BCUT2D eigenvalue weighted by Gasteiger charge is -2.40. The second-order valence-electron chi connectivity index (χ2n) is 4.01. The van der Waals surface area contributed by atoms with Crippen LogP contribution in [0, 0.1) is 0 Å². The summed E-state index contributed by atoms with van der Waals surface area (Å²) in [6, 6.07) is 5.45. The fourth-order valence-electron chi connectivity index (χ4n) is 2.00. The average molecular weight is 244 g/mol. The minimum Gasteiger partial charge on any atom is -0.330 e. The number of carbonyl (C=O) groups excluding carboxylic acids is 1. The van der Waals surface area contributed by atoms with E-state index in [1.165, 1.54) is 0 Å². The van der Waals surface area contributed by atoms with Gasteiger partial charge in [0.1, 0.15) is 5.78 Å². The Labute approximate surface area is 98.4 Å². The molecule has 1 saturated carbocycles. The van der Waals surface area contributed by atoms with Crippen molar-refractivity contribution in [2.45, 2.75) is 18.3 Å². The molecule has 80 valence electrons. The van der Waals surface area contributed by atoms with E-state index in [4.69, 9.17) is 28.9 Å². The first-order chi connectivity index (χ1) is 7.07. The minimum absolute atomic E-state index is 0.203. The number of benzene rings is 1. The molecule has 0 radical (unpaired) electrons. The van der Waals surface area contributed by atoms with Gasteiger partial charge in [-0.05, 0) is 17.7 Å². The molecule has 0 aromatic heterocycles. The number of Topliss-reactive ketones (excluding diaryl/α,β-unsaturated/α-hetero) is 1. The van der Waals surface area contributed by atoms with Gasteiger partial charge in [-0.1, -0.05) is 29.3 Å². The Morgan fingerprint density at radius 2 is 1.93 bits per heavy atom. The maximum Gasteiger partial charge on any atom is 0.134 e. The predicted molar refractivity (Wildman–Crippen MR) is 61.4 cm³/mol. The number of nitrogens with two attached hydrogens (primary N) is 1. The highest BCUT2D eigenvalue weighted by Crippen LogP contribution is 2.41. The van der Waals surface area contributed by atoms with Crippen LogP contribution in [0.15, 0.2) is 18.2 Å². The van der Waals surface area contributed by atoms with Crippen molar-refractivity contribution >= 4 is 29.0 Å². The Kier molecular flexibility index (Phi) is 2.75. The molecule has 0 saturated heterocycles. The molecule has 1 aromatic rings. The third-order valence-electron chi connectivity index (χ3n) is 2.99. The van der Waals surface area contributed by atoms with Gasteiger partial charge in [-0.2, -0.15) is 0 Å². The number of halogens is 2. The van der Waals surface area contributed by atoms with Crippen LogP contribution in [0.1, 0.15) is 18.4 Å². The van der Waals surface area contributed by atoms with Crippen molar-refractivity contribution in [3.63, 3.8) is 0 Å². The third kappa shape index (κ3) is 1.78. The summed E-state index contributed by atoms with van der Waals surface area (Å²) in [5.74, 6) is 0.256. The maximum atomic E-state index is 11.1. The van der Waals surface area contributed by atoms with Gasteiger partial charge in [-0.15, -0.1) is 0 Å². The van der Waals surface area contributed by atoms with Crippen LogP contribution in [0.5, 0.6) is 0 Å². The summed E-state index contributed by atoms with van der Waals surface area (Å²) >= 11 is 11.8. The van der Waals surface area contributed by atoms with Gasteiger partial charge in [0.15, 0.2) is 0 Å². The highest BCUT2D eigenvalue weighted by molar-refractivity contribution is 6.42. The van der Waals surface area contributed by atoms with E-state index in [2.05, 4.69) is 0 Å². The Morgan fingerprint density at radius 1 is 1.27 bits per heavy atom. The topological polar surface area (TPSA) is 43.1 Å². The standard InChI is InChI=1S/C11H11Cl2NO/c12-9-2-1-7(3-10(9)13)11(6-14)4-8(15)5-11/h1-3H,4-6,14H2. The number of rotatable bonds is 2. The molecule has 2 N–H and O–H groups in total. The molecular formula is C11H11Cl2NO. The lowest BCUT2D eigenvalue weighted by molar-refractivity contribution is -0.128. The van der Waals surface area contributed by atoms with Gasteiger partial charge in [0.25, 0.3) is 0 Å². The highest BCUT2D eigenvalue weighted by Gasteiger charge is 2.43. The molecule has 0 bridgehead atoms. The van der Waals surface area contributed by atoms with Gasteiger partial charge in [-0.3, -0.25) is 4.79 Å². The fourth-order valence-corrected chi connectivity index (χ4v) is 2.29. The second kappa shape index (κ2) is 3.78. The van der Waals surface area contributed by atoms with E-state index in [-0.39, 0.29) is 11.2 Å². The van der Waals surface area contributed by atoms with E-state index in [9.17, 15) is 4.79 Å². The predicted octanol–water partition coefficient (Wildman–Crippen LogP) is 2.55. The fraction of sp³-hybridized carbons (Fsp3) is 0.364. The summed E-state index contributed by atoms with van der Waals surface area (Å²) in [7, 11) is 0. The molecule has 1 aromatic carbocycles. The molecule has 1 fully saturated rings. The van der Waals surface area contributed by atoms with E-state index in [1.807, 2.05) is 12.1 Å². The molecule has 0 spiro atoms. The van der Waals surface area contributed by atoms with Gasteiger partial charge in [0.05, 0.1) is 10.0 Å². The lowest BCUT2D eigenvalue weighted by Crippen LogP contribution is -2.47. The molecule has 0 aliphatic heterocycles. The van der Waals surface area contributed by atoms with Crippen molar-refractivity contribution in [1.82, 2.24) is 0 Å². The SMILES string of the molecule is NCC1(c2ccc(Cl)c(Cl)c2)CC(=O)C1. The Hall–Kier alpha value is -0.570. The van der Waals surface area contributed by atoms with Crippen LogP contribution in [0.4, 0.5) is 0 Å². The smallest absolute Gasteiger partial charge is 0.134 e.